The van der Waals surface area contributed by atoms with Crippen molar-refractivity contribution in [2.24, 2.45) is 0 Å². The molecule has 0 aliphatic carbocycles. The number of nitrogens with one attached hydrogen (secondary N) is 2. The Morgan fingerprint density at radius 3 is 2.78 bits per heavy atom. The number of hydrogen-bond donors (Lipinski definition) is 2. The second-order valence-electron chi connectivity index (χ2n) is 3.97. The maximum absolute atomic E-state index is 11.9. The van der Waals surface area contributed by atoms with Crippen molar-refractivity contribution in [3.8, 4) is 5.69 Å². The summed E-state index contributed by atoms with van der Waals surface area (Å²) in [4.78, 5) is 11.9. The van der Waals surface area contributed by atoms with Crippen LogP contribution >= 0.6 is 0 Å². The maximum atomic E-state index is 11.9. The summed E-state index contributed by atoms with van der Waals surface area (Å²) in [5, 5.41) is 9.96. The van der Waals surface area contributed by atoms with E-state index in [2.05, 4.69) is 15.7 Å². The molecular formula is C13H16N4O. The van der Waals surface area contributed by atoms with Crippen LogP contribution in [0.4, 0.5) is 5.69 Å². The van der Waals surface area contributed by atoms with Crippen molar-refractivity contribution in [2.75, 3.05) is 12.4 Å². The van der Waals surface area contributed by atoms with E-state index in [-0.39, 0.29) is 11.9 Å². The molecule has 1 aromatic heterocycles. The third kappa shape index (κ3) is 2.57. The smallest absolute Gasteiger partial charge is 0.241 e. The molecule has 0 bridgehead atoms. The van der Waals surface area contributed by atoms with E-state index >= 15 is 0 Å². The van der Waals surface area contributed by atoms with E-state index in [0.29, 0.717) is 0 Å². The number of aromatic nitrogens is 2. The van der Waals surface area contributed by atoms with Crippen LogP contribution in [-0.4, -0.2) is 28.8 Å². The number of para-hydroxylation sites is 2. The van der Waals surface area contributed by atoms with Crippen LogP contribution in [0.3, 0.4) is 0 Å². The van der Waals surface area contributed by atoms with E-state index in [1.807, 2.05) is 43.5 Å². The number of anilines is 1. The van der Waals surface area contributed by atoms with Crippen LogP contribution in [0.25, 0.3) is 5.69 Å². The van der Waals surface area contributed by atoms with Gasteiger partial charge in [0.2, 0.25) is 5.91 Å². The third-order valence-corrected chi connectivity index (χ3v) is 2.74. The normalized spacial score (nSPS) is 12.1. The molecule has 0 spiro atoms. The molecule has 0 saturated carbocycles. The van der Waals surface area contributed by atoms with Gasteiger partial charge in [-0.2, -0.15) is 5.10 Å². The van der Waals surface area contributed by atoms with Crippen LogP contribution in [0.15, 0.2) is 42.7 Å². The van der Waals surface area contributed by atoms with Crippen LogP contribution in [-0.2, 0) is 4.79 Å². The second-order valence-corrected chi connectivity index (χ2v) is 3.97. The zero-order valence-electron chi connectivity index (χ0n) is 10.4. The lowest BCUT2D eigenvalue weighted by Crippen LogP contribution is -2.35. The van der Waals surface area contributed by atoms with Crippen molar-refractivity contribution in [2.45, 2.75) is 13.0 Å². The number of rotatable bonds is 4. The Bertz CT molecular complexity index is 522. The average molecular weight is 244 g/mol. The molecule has 18 heavy (non-hydrogen) atoms. The Hall–Kier alpha value is -2.14. The minimum atomic E-state index is -0.240. The molecular weight excluding hydrogens is 228 g/mol. The van der Waals surface area contributed by atoms with E-state index in [9.17, 15) is 4.79 Å². The quantitative estimate of drug-likeness (QED) is 0.855. The largest absolute Gasteiger partial charge is 0.323 e. The second kappa shape index (κ2) is 5.46. The fraction of sp³-hybridized carbons (Fsp3) is 0.231. The van der Waals surface area contributed by atoms with Gasteiger partial charge in [0.05, 0.1) is 17.4 Å². The first-order valence-corrected chi connectivity index (χ1v) is 5.79. The molecule has 0 saturated heterocycles. The van der Waals surface area contributed by atoms with Gasteiger partial charge in [-0.3, -0.25) is 4.79 Å². The summed E-state index contributed by atoms with van der Waals surface area (Å²) >= 11 is 0. The Labute approximate surface area is 106 Å². The van der Waals surface area contributed by atoms with E-state index in [0.717, 1.165) is 11.4 Å². The summed E-state index contributed by atoms with van der Waals surface area (Å²) in [6, 6.07) is 9.16. The number of carbonyl (C=O) groups is 1. The summed E-state index contributed by atoms with van der Waals surface area (Å²) < 4.78 is 1.72. The van der Waals surface area contributed by atoms with Gasteiger partial charge < -0.3 is 10.6 Å². The van der Waals surface area contributed by atoms with Crippen molar-refractivity contribution in [1.82, 2.24) is 15.1 Å². The Kier molecular flexibility index (Phi) is 3.74. The SMILES string of the molecule is CNC(C)C(=O)Nc1ccccc1-n1cccn1. The van der Waals surface area contributed by atoms with Crippen molar-refractivity contribution in [3.63, 3.8) is 0 Å². The van der Waals surface area contributed by atoms with Crippen LogP contribution in [0.1, 0.15) is 6.92 Å². The summed E-state index contributed by atoms with van der Waals surface area (Å²) in [5.41, 5.74) is 1.59. The number of hydrogen-bond acceptors (Lipinski definition) is 3. The van der Waals surface area contributed by atoms with Gasteiger partial charge in [-0.15, -0.1) is 0 Å². The van der Waals surface area contributed by atoms with Gasteiger partial charge in [-0.05, 0) is 32.2 Å². The maximum Gasteiger partial charge on any atom is 0.241 e. The van der Waals surface area contributed by atoms with Gasteiger partial charge in [-0.25, -0.2) is 4.68 Å². The van der Waals surface area contributed by atoms with Gasteiger partial charge in [0.15, 0.2) is 0 Å². The molecule has 2 N–H and O–H groups in total. The van der Waals surface area contributed by atoms with Crippen LogP contribution in [0, 0.1) is 0 Å². The minimum Gasteiger partial charge on any atom is -0.323 e. The standard InChI is InChI=1S/C13H16N4O/c1-10(14-2)13(18)16-11-6-3-4-7-12(11)17-9-5-8-15-17/h3-10,14H,1-2H3,(H,16,18). The fourth-order valence-electron chi connectivity index (χ4n) is 1.56. The van der Waals surface area contributed by atoms with Crippen molar-refractivity contribution in [3.05, 3.63) is 42.7 Å². The highest BCUT2D eigenvalue weighted by molar-refractivity contribution is 5.96. The topological polar surface area (TPSA) is 59.0 Å². The van der Waals surface area contributed by atoms with Crippen LogP contribution < -0.4 is 10.6 Å². The van der Waals surface area contributed by atoms with Crippen molar-refractivity contribution in [1.29, 1.82) is 0 Å². The molecule has 0 radical (unpaired) electrons. The first kappa shape index (κ1) is 12.3. The van der Waals surface area contributed by atoms with E-state index < -0.39 is 0 Å². The molecule has 1 amide bonds. The Morgan fingerprint density at radius 2 is 2.11 bits per heavy atom. The van der Waals surface area contributed by atoms with E-state index in [4.69, 9.17) is 0 Å². The monoisotopic (exact) mass is 244 g/mol. The number of nitrogens with zero attached hydrogens (tertiary/aromatic N) is 2. The minimum absolute atomic E-state index is 0.0721. The molecule has 5 heteroatoms. The predicted octanol–water partition coefficient (Wildman–Crippen LogP) is 1.42. The fourth-order valence-corrected chi connectivity index (χ4v) is 1.56. The molecule has 2 rings (SSSR count). The van der Waals surface area contributed by atoms with Gasteiger partial charge in [0, 0.05) is 12.4 Å². The van der Waals surface area contributed by atoms with Gasteiger partial charge in [-0.1, -0.05) is 12.1 Å². The molecule has 1 atom stereocenters. The number of amides is 1. The molecule has 94 valence electrons. The first-order chi connectivity index (χ1) is 8.72. The van der Waals surface area contributed by atoms with Crippen LogP contribution in [0.5, 0.6) is 0 Å². The van der Waals surface area contributed by atoms with Crippen molar-refractivity contribution >= 4 is 11.6 Å². The lowest BCUT2D eigenvalue weighted by atomic mass is 10.2. The predicted molar refractivity (Wildman–Crippen MR) is 70.7 cm³/mol. The van der Waals surface area contributed by atoms with Crippen LogP contribution in [0.2, 0.25) is 0 Å². The summed E-state index contributed by atoms with van der Waals surface area (Å²) in [6.45, 7) is 1.81. The number of likely N-dealkylation sites (N-methyl/N-ethyl adjacent to an activating group) is 1. The summed E-state index contributed by atoms with van der Waals surface area (Å²) in [6.07, 6.45) is 3.54. The van der Waals surface area contributed by atoms with E-state index in [1.54, 1.807) is 17.9 Å². The summed E-state index contributed by atoms with van der Waals surface area (Å²) in [7, 11) is 1.75. The highest BCUT2D eigenvalue weighted by atomic mass is 16.2. The lowest BCUT2D eigenvalue weighted by Gasteiger charge is -2.14. The average Bonchev–Trinajstić information content (AvgIpc) is 2.92. The Morgan fingerprint density at radius 1 is 1.33 bits per heavy atom. The summed E-state index contributed by atoms with van der Waals surface area (Å²) in [5.74, 6) is -0.0721. The zero-order chi connectivity index (χ0) is 13.0. The molecule has 2 aromatic rings. The molecule has 0 aliphatic heterocycles. The van der Waals surface area contributed by atoms with E-state index in [1.165, 1.54) is 0 Å². The number of carbonyl (C=O) groups excluding carboxylic acids is 1. The highest BCUT2D eigenvalue weighted by Crippen LogP contribution is 2.18. The third-order valence-electron chi connectivity index (χ3n) is 2.74. The number of benzene rings is 1. The Balaban J connectivity index is 2.26. The first-order valence-electron chi connectivity index (χ1n) is 5.79. The molecule has 1 heterocycles. The van der Waals surface area contributed by atoms with Gasteiger partial charge >= 0.3 is 0 Å². The molecule has 0 fully saturated rings. The molecule has 1 unspecified atom stereocenters. The molecule has 1 aromatic carbocycles. The zero-order valence-corrected chi connectivity index (χ0v) is 10.4. The van der Waals surface area contributed by atoms with Crippen molar-refractivity contribution < 1.29 is 4.79 Å². The molecule has 0 aliphatic rings. The van der Waals surface area contributed by atoms with Gasteiger partial charge in [0.1, 0.15) is 0 Å². The molecule has 5 nitrogen and oxygen atoms in total. The highest BCUT2D eigenvalue weighted by Gasteiger charge is 2.12. The lowest BCUT2D eigenvalue weighted by molar-refractivity contribution is -0.117. The van der Waals surface area contributed by atoms with Gasteiger partial charge in [0.25, 0.3) is 0 Å².